The van der Waals surface area contributed by atoms with Crippen LogP contribution in [-0.2, 0) is 16.1 Å². The van der Waals surface area contributed by atoms with E-state index in [1.807, 2.05) is 44.2 Å². The second-order valence-electron chi connectivity index (χ2n) is 5.48. The van der Waals surface area contributed by atoms with E-state index in [1.54, 1.807) is 7.05 Å². The summed E-state index contributed by atoms with van der Waals surface area (Å²) in [5.41, 5.74) is 0.830. The fourth-order valence-corrected chi connectivity index (χ4v) is 1.93. The molecule has 2 rings (SSSR count). The normalized spacial score (nSPS) is 10.6. The van der Waals surface area contributed by atoms with Crippen LogP contribution in [0.25, 0.3) is 11.4 Å². The fraction of sp³-hybridized carbons (Fsp3) is 0.400. The molecule has 0 fully saturated rings. The molecule has 0 spiro atoms. The Balaban J connectivity index is 1.93. The van der Waals surface area contributed by atoms with Crippen LogP contribution < -0.4 is 5.32 Å². The number of benzene rings is 1. The minimum atomic E-state index is -0.263. The lowest BCUT2D eigenvalue weighted by Crippen LogP contribution is -2.42. The second-order valence-corrected chi connectivity index (χ2v) is 5.48. The molecule has 0 saturated carbocycles. The van der Waals surface area contributed by atoms with Crippen molar-refractivity contribution in [2.24, 2.45) is 0 Å². The average Bonchev–Trinajstić information content (AvgIpc) is 2.95. The first-order valence-corrected chi connectivity index (χ1v) is 7.32. The summed E-state index contributed by atoms with van der Waals surface area (Å²) in [4.78, 5) is 26.3. The number of amides is 2. The van der Waals surface area contributed by atoms with Gasteiger partial charge in [0, 0.05) is 18.7 Å². The molecule has 0 aliphatic heterocycles. The first-order chi connectivity index (χ1) is 11.0. The average molecular weight is 316 g/mol. The van der Waals surface area contributed by atoms with E-state index < -0.39 is 0 Å². The van der Waals surface area contributed by atoms with Gasteiger partial charge in [0.15, 0.2) is 0 Å². The molecule has 2 amide bonds. The molecule has 8 heteroatoms. The molecule has 0 aliphatic rings. The maximum Gasteiger partial charge on any atom is 0.246 e. The number of rotatable bonds is 6. The standard InChI is InChI=1S/C15H20N6O2/c1-11(2)16-13(22)9-20(3)14(23)10-21-18-15(17-19-21)12-7-5-4-6-8-12/h4-8,11H,9-10H2,1-3H3,(H,16,22). The molecule has 0 aliphatic carbocycles. The van der Waals surface area contributed by atoms with Gasteiger partial charge in [0.1, 0.15) is 6.54 Å². The third kappa shape index (κ3) is 4.87. The Hall–Kier alpha value is -2.77. The number of carbonyl (C=O) groups is 2. The van der Waals surface area contributed by atoms with Crippen molar-refractivity contribution in [1.82, 2.24) is 30.4 Å². The van der Waals surface area contributed by atoms with E-state index in [1.165, 1.54) is 9.70 Å². The first-order valence-electron chi connectivity index (χ1n) is 7.32. The van der Waals surface area contributed by atoms with Gasteiger partial charge in [-0.05, 0) is 19.1 Å². The van der Waals surface area contributed by atoms with Crippen molar-refractivity contribution in [2.75, 3.05) is 13.6 Å². The quantitative estimate of drug-likeness (QED) is 0.828. The minimum absolute atomic E-state index is 0.00273. The molecule has 0 unspecified atom stereocenters. The molecule has 0 saturated heterocycles. The predicted octanol–water partition coefficient (Wildman–Crippen LogP) is 0.323. The molecule has 23 heavy (non-hydrogen) atoms. The van der Waals surface area contributed by atoms with Crippen LogP contribution in [0, 0.1) is 0 Å². The number of hydrogen-bond acceptors (Lipinski definition) is 5. The van der Waals surface area contributed by atoms with Crippen molar-refractivity contribution in [3.05, 3.63) is 30.3 Å². The molecule has 0 atom stereocenters. The van der Waals surface area contributed by atoms with Gasteiger partial charge in [0.05, 0.1) is 6.54 Å². The summed E-state index contributed by atoms with van der Waals surface area (Å²) < 4.78 is 0. The van der Waals surface area contributed by atoms with E-state index in [0.29, 0.717) is 5.82 Å². The zero-order valence-corrected chi connectivity index (χ0v) is 13.4. The summed E-state index contributed by atoms with van der Waals surface area (Å²) in [6.07, 6.45) is 0. The van der Waals surface area contributed by atoms with Crippen molar-refractivity contribution >= 4 is 11.8 Å². The highest BCUT2D eigenvalue weighted by Crippen LogP contribution is 2.11. The second kappa shape index (κ2) is 7.48. The van der Waals surface area contributed by atoms with Gasteiger partial charge in [-0.1, -0.05) is 30.3 Å². The molecule has 8 nitrogen and oxygen atoms in total. The summed E-state index contributed by atoms with van der Waals surface area (Å²) >= 11 is 0. The monoisotopic (exact) mass is 316 g/mol. The van der Waals surface area contributed by atoms with E-state index >= 15 is 0 Å². The molecule has 1 aromatic carbocycles. The molecule has 122 valence electrons. The molecule has 1 heterocycles. The number of tetrazole rings is 1. The van der Waals surface area contributed by atoms with E-state index in [-0.39, 0.29) is 30.9 Å². The summed E-state index contributed by atoms with van der Waals surface area (Å²) in [7, 11) is 1.57. The molecule has 0 radical (unpaired) electrons. The third-order valence-corrected chi connectivity index (χ3v) is 3.02. The van der Waals surface area contributed by atoms with Gasteiger partial charge in [-0.15, -0.1) is 10.2 Å². The Kier molecular flexibility index (Phi) is 5.40. The van der Waals surface area contributed by atoms with Gasteiger partial charge >= 0.3 is 0 Å². The van der Waals surface area contributed by atoms with E-state index in [0.717, 1.165) is 5.56 Å². The molecule has 0 bridgehead atoms. The number of likely N-dealkylation sites (N-methyl/N-ethyl adjacent to an activating group) is 1. The number of aromatic nitrogens is 4. The topological polar surface area (TPSA) is 93.0 Å². The van der Waals surface area contributed by atoms with Crippen LogP contribution in [0.5, 0.6) is 0 Å². The zero-order chi connectivity index (χ0) is 16.8. The third-order valence-electron chi connectivity index (χ3n) is 3.02. The Bertz CT molecular complexity index is 668. The number of carbonyl (C=O) groups excluding carboxylic acids is 2. The Morgan fingerprint density at radius 3 is 2.61 bits per heavy atom. The van der Waals surface area contributed by atoms with Gasteiger partial charge < -0.3 is 10.2 Å². The van der Waals surface area contributed by atoms with Gasteiger partial charge in [-0.3, -0.25) is 9.59 Å². The van der Waals surface area contributed by atoms with Crippen LogP contribution in [0.1, 0.15) is 13.8 Å². The van der Waals surface area contributed by atoms with Gasteiger partial charge in [-0.2, -0.15) is 4.80 Å². The number of nitrogens with zero attached hydrogens (tertiary/aromatic N) is 5. The van der Waals surface area contributed by atoms with Gasteiger partial charge in [-0.25, -0.2) is 0 Å². The molecular formula is C15H20N6O2. The smallest absolute Gasteiger partial charge is 0.246 e. The first kappa shape index (κ1) is 16.6. The van der Waals surface area contributed by atoms with Crippen LogP contribution in [-0.4, -0.2) is 56.6 Å². The highest BCUT2D eigenvalue weighted by Gasteiger charge is 2.15. The number of hydrogen-bond donors (Lipinski definition) is 1. The number of nitrogens with one attached hydrogen (secondary N) is 1. The van der Waals surface area contributed by atoms with Crippen LogP contribution in [0.2, 0.25) is 0 Å². The van der Waals surface area contributed by atoms with Gasteiger partial charge in [0.25, 0.3) is 0 Å². The van der Waals surface area contributed by atoms with Crippen molar-refractivity contribution in [1.29, 1.82) is 0 Å². The Labute approximate surface area is 134 Å². The lowest BCUT2D eigenvalue weighted by atomic mass is 10.2. The van der Waals surface area contributed by atoms with E-state index in [4.69, 9.17) is 0 Å². The molecule has 2 aromatic rings. The fourth-order valence-electron chi connectivity index (χ4n) is 1.93. The molecular weight excluding hydrogens is 296 g/mol. The predicted molar refractivity (Wildman–Crippen MR) is 84.2 cm³/mol. The van der Waals surface area contributed by atoms with Crippen LogP contribution in [0.15, 0.2) is 30.3 Å². The zero-order valence-electron chi connectivity index (χ0n) is 13.4. The van der Waals surface area contributed by atoms with Crippen molar-refractivity contribution in [2.45, 2.75) is 26.4 Å². The van der Waals surface area contributed by atoms with E-state index in [2.05, 4.69) is 20.7 Å². The molecule has 1 N–H and O–H groups in total. The van der Waals surface area contributed by atoms with E-state index in [9.17, 15) is 9.59 Å². The van der Waals surface area contributed by atoms with Crippen molar-refractivity contribution in [3.8, 4) is 11.4 Å². The lowest BCUT2D eigenvalue weighted by molar-refractivity contribution is -0.135. The Morgan fingerprint density at radius 1 is 1.26 bits per heavy atom. The van der Waals surface area contributed by atoms with Crippen LogP contribution >= 0.6 is 0 Å². The lowest BCUT2D eigenvalue weighted by Gasteiger charge is -2.17. The largest absolute Gasteiger partial charge is 0.352 e. The minimum Gasteiger partial charge on any atom is -0.352 e. The highest BCUT2D eigenvalue weighted by atomic mass is 16.2. The van der Waals surface area contributed by atoms with Crippen molar-refractivity contribution < 1.29 is 9.59 Å². The van der Waals surface area contributed by atoms with Crippen molar-refractivity contribution in [3.63, 3.8) is 0 Å². The van der Waals surface area contributed by atoms with Crippen LogP contribution in [0.3, 0.4) is 0 Å². The summed E-state index contributed by atoms with van der Waals surface area (Å²) in [6.45, 7) is 3.66. The summed E-state index contributed by atoms with van der Waals surface area (Å²) in [6, 6.07) is 9.42. The van der Waals surface area contributed by atoms with Crippen LogP contribution in [0.4, 0.5) is 0 Å². The summed E-state index contributed by atoms with van der Waals surface area (Å²) in [5, 5.41) is 14.7. The maximum atomic E-state index is 12.1. The molecule has 1 aromatic heterocycles. The summed E-state index contributed by atoms with van der Waals surface area (Å²) in [5.74, 6) is -0.00750. The maximum absolute atomic E-state index is 12.1. The highest BCUT2D eigenvalue weighted by molar-refractivity contribution is 5.84. The van der Waals surface area contributed by atoms with Gasteiger partial charge in [0.2, 0.25) is 17.6 Å². The Morgan fingerprint density at radius 2 is 1.96 bits per heavy atom. The SMILES string of the molecule is CC(C)NC(=O)CN(C)C(=O)Cn1nnc(-c2ccccc2)n1.